The van der Waals surface area contributed by atoms with Crippen LogP contribution in [0.1, 0.15) is 31.7 Å². The zero-order valence-electron chi connectivity index (χ0n) is 11.6. The maximum Gasteiger partial charge on any atom is 0.303 e. The van der Waals surface area contributed by atoms with Gasteiger partial charge in [-0.25, -0.2) is 0 Å². The Labute approximate surface area is 118 Å². The molecule has 0 amide bonds. The van der Waals surface area contributed by atoms with E-state index in [4.69, 9.17) is 10.4 Å². The van der Waals surface area contributed by atoms with Crippen molar-refractivity contribution in [3.05, 3.63) is 24.0 Å². The van der Waals surface area contributed by atoms with Crippen LogP contribution in [0, 0.1) is 23.2 Å². The SMILES string of the molecule is CC(CC(=O)O)C1CCCN(c2cnccc2C#N)C1. The highest BCUT2D eigenvalue weighted by Gasteiger charge is 2.27. The molecule has 1 aliphatic rings. The third-order valence-electron chi connectivity index (χ3n) is 4.02. The van der Waals surface area contributed by atoms with E-state index in [0.29, 0.717) is 11.5 Å². The molecule has 1 N–H and O–H groups in total. The first-order valence-electron chi connectivity index (χ1n) is 6.92. The van der Waals surface area contributed by atoms with Crippen LogP contribution in [0.15, 0.2) is 18.5 Å². The van der Waals surface area contributed by atoms with E-state index in [-0.39, 0.29) is 12.3 Å². The first kappa shape index (κ1) is 14.3. The van der Waals surface area contributed by atoms with Crippen molar-refractivity contribution < 1.29 is 9.90 Å². The number of carboxylic acids is 1. The minimum Gasteiger partial charge on any atom is -0.481 e. The smallest absolute Gasteiger partial charge is 0.303 e. The highest BCUT2D eigenvalue weighted by molar-refractivity contribution is 5.67. The molecule has 2 atom stereocenters. The van der Waals surface area contributed by atoms with Crippen molar-refractivity contribution in [1.82, 2.24) is 4.98 Å². The summed E-state index contributed by atoms with van der Waals surface area (Å²) in [5, 5.41) is 18.1. The summed E-state index contributed by atoms with van der Waals surface area (Å²) in [6.45, 7) is 3.70. The Morgan fingerprint density at radius 2 is 2.50 bits per heavy atom. The Morgan fingerprint density at radius 3 is 3.20 bits per heavy atom. The fourth-order valence-corrected chi connectivity index (χ4v) is 2.87. The lowest BCUT2D eigenvalue weighted by Gasteiger charge is -2.37. The Bertz CT molecular complexity index is 524. The molecular weight excluding hydrogens is 254 g/mol. The number of hydrogen-bond acceptors (Lipinski definition) is 4. The molecule has 20 heavy (non-hydrogen) atoms. The van der Waals surface area contributed by atoms with Gasteiger partial charge in [0, 0.05) is 25.7 Å². The van der Waals surface area contributed by atoms with Crippen molar-refractivity contribution in [2.24, 2.45) is 11.8 Å². The molecule has 0 aliphatic carbocycles. The van der Waals surface area contributed by atoms with E-state index in [2.05, 4.69) is 16.0 Å². The summed E-state index contributed by atoms with van der Waals surface area (Å²) >= 11 is 0. The van der Waals surface area contributed by atoms with Gasteiger partial charge in [-0.3, -0.25) is 9.78 Å². The number of nitriles is 1. The molecule has 0 aromatic carbocycles. The van der Waals surface area contributed by atoms with Crippen LogP contribution in [0.2, 0.25) is 0 Å². The summed E-state index contributed by atoms with van der Waals surface area (Å²) in [6.07, 6.45) is 5.62. The monoisotopic (exact) mass is 273 g/mol. The number of anilines is 1. The Kier molecular flexibility index (Phi) is 4.57. The second kappa shape index (κ2) is 6.38. The molecule has 2 heterocycles. The summed E-state index contributed by atoms with van der Waals surface area (Å²) in [5.74, 6) is -0.238. The molecule has 2 rings (SSSR count). The number of carbonyl (C=O) groups is 1. The van der Waals surface area contributed by atoms with Gasteiger partial charge in [0.05, 0.1) is 17.4 Å². The van der Waals surface area contributed by atoms with Crippen molar-refractivity contribution in [3.63, 3.8) is 0 Å². The van der Waals surface area contributed by atoms with Gasteiger partial charge >= 0.3 is 5.97 Å². The summed E-state index contributed by atoms with van der Waals surface area (Å²) in [7, 11) is 0. The molecule has 1 saturated heterocycles. The van der Waals surface area contributed by atoms with Gasteiger partial charge in [0.25, 0.3) is 0 Å². The summed E-state index contributed by atoms with van der Waals surface area (Å²) in [4.78, 5) is 17.1. The van der Waals surface area contributed by atoms with Gasteiger partial charge in [-0.1, -0.05) is 6.92 Å². The average Bonchev–Trinajstić information content (AvgIpc) is 2.46. The second-order valence-corrected chi connectivity index (χ2v) is 5.43. The van der Waals surface area contributed by atoms with Crippen molar-refractivity contribution in [2.45, 2.75) is 26.2 Å². The maximum atomic E-state index is 10.8. The fraction of sp³-hybridized carbons (Fsp3) is 0.533. The fourth-order valence-electron chi connectivity index (χ4n) is 2.87. The molecule has 1 aromatic heterocycles. The van der Waals surface area contributed by atoms with E-state index in [1.54, 1.807) is 18.5 Å². The molecule has 5 nitrogen and oxygen atoms in total. The van der Waals surface area contributed by atoms with E-state index < -0.39 is 5.97 Å². The Balaban J connectivity index is 2.11. The van der Waals surface area contributed by atoms with E-state index >= 15 is 0 Å². The number of pyridine rings is 1. The zero-order chi connectivity index (χ0) is 14.5. The second-order valence-electron chi connectivity index (χ2n) is 5.43. The molecule has 0 saturated carbocycles. The van der Waals surface area contributed by atoms with Crippen molar-refractivity contribution >= 4 is 11.7 Å². The number of carboxylic acid groups (broad SMARTS) is 1. The number of piperidine rings is 1. The van der Waals surface area contributed by atoms with Crippen LogP contribution in [-0.4, -0.2) is 29.1 Å². The van der Waals surface area contributed by atoms with Gasteiger partial charge in [-0.2, -0.15) is 5.26 Å². The van der Waals surface area contributed by atoms with E-state index in [1.165, 1.54) is 0 Å². The van der Waals surface area contributed by atoms with Gasteiger partial charge in [0.15, 0.2) is 0 Å². The highest BCUT2D eigenvalue weighted by atomic mass is 16.4. The van der Waals surface area contributed by atoms with Crippen LogP contribution in [0.25, 0.3) is 0 Å². The lowest BCUT2D eigenvalue weighted by Crippen LogP contribution is -2.38. The van der Waals surface area contributed by atoms with Gasteiger partial charge in [0.1, 0.15) is 6.07 Å². The summed E-state index contributed by atoms with van der Waals surface area (Å²) < 4.78 is 0. The summed E-state index contributed by atoms with van der Waals surface area (Å²) in [6, 6.07) is 3.92. The number of nitrogens with zero attached hydrogens (tertiary/aromatic N) is 3. The topological polar surface area (TPSA) is 77.2 Å². The van der Waals surface area contributed by atoms with Crippen molar-refractivity contribution in [1.29, 1.82) is 5.26 Å². The van der Waals surface area contributed by atoms with E-state index in [1.807, 2.05) is 6.92 Å². The number of hydrogen-bond donors (Lipinski definition) is 1. The minimum absolute atomic E-state index is 0.150. The third kappa shape index (κ3) is 3.27. The summed E-state index contributed by atoms with van der Waals surface area (Å²) in [5.41, 5.74) is 1.49. The van der Waals surface area contributed by atoms with E-state index in [9.17, 15) is 4.79 Å². The van der Waals surface area contributed by atoms with Gasteiger partial charge in [0.2, 0.25) is 0 Å². The van der Waals surface area contributed by atoms with Crippen LogP contribution >= 0.6 is 0 Å². The number of rotatable bonds is 4. The van der Waals surface area contributed by atoms with Crippen LogP contribution < -0.4 is 4.90 Å². The standard InChI is InChI=1S/C15H19N3O2/c1-11(7-15(19)20)13-3-2-6-18(10-13)14-9-17-5-4-12(14)8-16/h4-5,9,11,13H,2-3,6-7,10H2,1H3,(H,19,20). The van der Waals surface area contributed by atoms with Crippen molar-refractivity contribution in [2.75, 3.05) is 18.0 Å². The first-order chi connectivity index (χ1) is 9.61. The van der Waals surface area contributed by atoms with Crippen molar-refractivity contribution in [3.8, 4) is 6.07 Å². The first-order valence-corrected chi connectivity index (χ1v) is 6.92. The maximum absolute atomic E-state index is 10.8. The molecule has 5 heteroatoms. The molecule has 106 valence electrons. The zero-order valence-corrected chi connectivity index (χ0v) is 11.6. The predicted molar refractivity (Wildman–Crippen MR) is 75.3 cm³/mol. The highest BCUT2D eigenvalue weighted by Crippen LogP contribution is 2.30. The molecular formula is C15H19N3O2. The molecule has 1 aliphatic heterocycles. The van der Waals surface area contributed by atoms with Gasteiger partial charge in [-0.15, -0.1) is 0 Å². The molecule has 0 bridgehead atoms. The van der Waals surface area contributed by atoms with Crippen LogP contribution in [0.3, 0.4) is 0 Å². The van der Waals surface area contributed by atoms with E-state index in [0.717, 1.165) is 31.6 Å². The Hall–Kier alpha value is -2.09. The third-order valence-corrected chi connectivity index (χ3v) is 4.02. The molecule has 0 radical (unpaired) electrons. The largest absolute Gasteiger partial charge is 0.481 e. The number of aliphatic carboxylic acids is 1. The van der Waals surface area contributed by atoms with Crippen LogP contribution in [0.5, 0.6) is 0 Å². The molecule has 1 aromatic rings. The number of aromatic nitrogens is 1. The average molecular weight is 273 g/mol. The quantitative estimate of drug-likeness (QED) is 0.910. The Morgan fingerprint density at radius 1 is 1.70 bits per heavy atom. The van der Waals surface area contributed by atoms with Crippen LogP contribution in [-0.2, 0) is 4.79 Å². The molecule has 1 fully saturated rings. The van der Waals surface area contributed by atoms with Crippen LogP contribution in [0.4, 0.5) is 5.69 Å². The lowest BCUT2D eigenvalue weighted by molar-refractivity contribution is -0.138. The molecule has 2 unspecified atom stereocenters. The lowest BCUT2D eigenvalue weighted by atomic mass is 9.84. The van der Waals surface area contributed by atoms with Gasteiger partial charge in [-0.05, 0) is 30.7 Å². The predicted octanol–water partition coefficient (Wildman–Crippen LogP) is 2.28. The molecule has 0 spiro atoms. The van der Waals surface area contributed by atoms with Gasteiger partial charge < -0.3 is 10.0 Å². The normalized spacial score (nSPS) is 20.2. The minimum atomic E-state index is -0.742.